The first-order valence-corrected chi connectivity index (χ1v) is 9.09. The molecule has 6 heteroatoms. The Labute approximate surface area is 139 Å². The van der Waals surface area contributed by atoms with Gasteiger partial charge in [-0.2, -0.15) is 5.10 Å². The van der Waals surface area contributed by atoms with E-state index in [9.17, 15) is 4.79 Å². The van der Waals surface area contributed by atoms with Crippen LogP contribution >= 0.6 is 0 Å². The Morgan fingerprint density at radius 3 is 3.00 bits per heavy atom. The fourth-order valence-electron chi connectivity index (χ4n) is 3.96. The van der Waals surface area contributed by atoms with Crippen LogP contribution in [0.1, 0.15) is 38.5 Å². The summed E-state index contributed by atoms with van der Waals surface area (Å²) < 4.78 is 5.46. The Morgan fingerprint density at radius 2 is 2.17 bits per heavy atom. The summed E-state index contributed by atoms with van der Waals surface area (Å²) >= 11 is 0. The van der Waals surface area contributed by atoms with E-state index < -0.39 is 0 Å². The van der Waals surface area contributed by atoms with Gasteiger partial charge in [-0.1, -0.05) is 19.3 Å². The summed E-state index contributed by atoms with van der Waals surface area (Å²) in [6, 6.07) is 1.05. The number of hydrazone groups is 1. The minimum atomic E-state index is 0.0753. The SMILES string of the molecule is CN(CCNC(=O)CN1N=CC2COCCC21)C1CCCCC1. The first-order valence-electron chi connectivity index (χ1n) is 9.09. The van der Waals surface area contributed by atoms with Gasteiger partial charge in [-0.25, -0.2) is 0 Å². The van der Waals surface area contributed by atoms with Crippen molar-refractivity contribution in [2.24, 2.45) is 11.0 Å². The number of rotatable bonds is 6. The van der Waals surface area contributed by atoms with Gasteiger partial charge in [-0.05, 0) is 26.3 Å². The molecule has 0 aromatic heterocycles. The molecule has 23 heavy (non-hydrogen) atoms. The van der Waals surface area contributed by atoms with Gasteiger partial charge in [0.05, 0.1) is 12.6 Å². The summed E-state index contributed by atoms with van der Waals surface area (Å²) in [5, 5.41) is 9.38. The summed E-state index contributed by atoms with van der Waals surface area (Å²) in [4.78, 5) is 14.6. The quantitative estimate of drug-likeness (QED) is 0.795. The number of hydrogen-bond acceptors (Lipinski definition) is 5. The van der Waals surface area contributed by atoms with Crippen LogP contribution in [-0.4, -0.2) is 74.0 Å². The Balaban J connectivity index is 1.34. The van der Waals surface area contributed by atoms with E-state index in [-0.39, 0.29) is 5.91 Å². The van der Waals surface area contributed by atoms with E-state index in [0.29, 0.717) is 24.5 Å². The molecule has 1 N–H and O–H groups in total. The van der Waals surface area contributed by atoms with Gasteiger partial charge in [0.2, 0.25) is 5.91 Å². The van der Waals surface area contributed by atoms with E-state index in [4.69, 9.17) is 4.74 Å². The molecular formula is C17H30N4O2. The van der Waals surface area contributed by atoms with Crippen molar-refractivity contribution in [2.75, 3.05) is 39.9 Å². The monoisotopic (exact) mass is 322 g/mol. The summed E-state index contributed by atoms with van der Waals surface area (Å²) in [6.07, 6.45) is 9.58. The van der Waals surface area contributed by atoms with E-state index in [1.165, 1.54) is 32.1 Å². The highest BCUT2D eigenvalue weighted by Gasteiger charge is 2.34. The predicted molar refractivity (Wildman–Crippen MR) is 90.4 cm³/mol. The third kappa shape index (κ3) is 4.44. The normalized spacial score (nSPS) is 28.2. The molecule has 0 bridgehead atoms. The van der Waals surface area contributed by atoms with Crippen LogP contribution in [0.25, 0.3) is 0 Å². The minimum Gasteiger partial charge on any atom is -0.381 e. The van der Waals surface area contributed by atoms with Crippen LogP contribution in [0.2, 0.25) is 0 Å². The van der Waals surface area contributed by atoms with Crippen molar-refractivity contribution in [2.45, 2.75) is 50.6 Å². The Bertz CT molecular complexity index is 423. The lowest BCUT2D eigenvalue weighted by Crippen LogP contribution is -2.45. The number of likely N-dealkylation sites (N-methyl/N-ethyl adjacent to an activating group) is 1. The number of nitrogens with zero attached hydrogens (tertiary/aromatic N) is 3. The van der Waals surface area contributed by atoms with Crippen molar-refractivity contribution in [3.63, 3.8) is 0 Å². The summed E-state index contributed by atoms with van der Waals surface area (Å²) in [6.45, 7) is 3.53. The number of hydrogen-bond donors (Lipinski definition) is 1. The van der Waals surface area contributed by atoms with Gasteiger partial charge in [0.15, 0.2) is 0 Å². The average Bonchev–Trinajstić information content (AvgIpc) is 2.99. The van der Waals surface area contributed by atoms with Crippen LogP contribution < -0.4 is 5.32 Å². The van der Waals surface area contributed by atoms with Crippen LogP contribution in [0.15, 0.2) is 5.10 Å². The average molecular weight is 322 g/mol. The second-order valence-corrected chi connectivity index (χ2v) is 7.08. The number of fused-ring (bicyclic) bond motifs is 1. The van der Waals surface area contributed by atoms with Gasteiger partial charge < -0.3 is 15.0 Å². The molecule has 2 heterocycles. The zero-order chi connectivity index (χ0) is 16.1. The van der Waals surface area contributed by atoms with Crippen molar-refractivity contribution in [3.8, 4) is 0 Å². The summed E-state index contributed by atoms with van der Waals surface area (Å²) in [5.74, 6) is 0.431. The lowest BCUT2D eigenvalue weighted by Gasteiger charge is -2.32. The van der Waals surface area contributed by atoms with Gasteiger partial charge in [-0.15, -0.1) is 0 Å². The maximum atomic E-state index is 12.2. The fourth-order valence-corrected chi connectivity index (χ4v) is 3.96. The van der Waals surface area contributed by atoms with Gasteiger partial charge in [0.25, 0.3) is 0 Å². The van der Waals surface area contributed by atoms with Crippen molar-refractivity contribution < 1.29 is 9.53 Å². The molecule has 1 saturated heterocycles. The second kappa shape index (κ2) is 8.11. The molecule has 130 valence electrons. The Hall–Kier alpha value is -1.14. The van der Waals surface area contributed by atoms with Gasteiger partial charge >= 0.3 is 0 Å². The van der Waals surface area contributed by atoms with Crippen molar-refractivity contribution in [3.05, 3.63) is 0 Å². The molecule has 2 atom stereocenters. The second-order valence-electron chi connectivity index (χ2n) is 7.08. The zero-order valence-electron chi connectivity index (χ0n) is 14.2. The van der Waals surface area contributed by atoms with Gasteiger partial charge in [0.1, 0.15) is 6.54 Å². The minimum absolute atomic E-state index is 0.0753. The van der Waals surface area contributed by atoms with E-state index in [0.717, 1.165) is 32.7 Å². The fraction of sp³-hybridized carbons (Fsp3) is 0.882. The van der Waals surface area contributed by atoms with Crippen LogP contribution in [0.5, 0.6) is 0 Å². The number of ether oxygens (including phenoxy) is 1. The molecule has 1 aliphatic carbocycles. The molecule has 0 aromatic carbocycles. The lowest BCUT2D eigenvalue weighted by atomic mass is 9.94. The van der Waals surface area contributed by atoms with Gasteiger partial charge in [-0.3, -0.25) is 9.80 Å². The molecule has 0 spiro atoms. The number of amides is 1. The third-order valence-corrected chi connectivity index (χ3v) is 5.44. The number of nitrogens with one attached hydrogen (secondary N) is 1. The number of carbonyl (C=O) groups excluding carboxylic acids is 1. The first-order chi connectivity index (χ1) is 11.2. The molecule has 6 nitrogen and oxygen atoms in total. The number of carbonyl (C=O) groups is 1. The maximum Gasteiger partial charge on any atom is 0.241 e. The van der Waals surface area contributed by atoms with Crippen molar-refractivity contribution >= 4 is 12.1 Å². The standard InChI is InChI=1S/C17H30N4O2/c1-20(15-5-3-2-4-6-15)9-8-18-17(22)12-21-16-7-10-23-13-14(16)11-19-21/h11,14-16H,2-10,12-13H2,1H3,(H,18,22). The summed E-state index contributed by atoms with van der Waals surface area (Å²) in [7, 11) is 2.18. The highest BCUT2D eigenvalue weighted by molar-refractivity contribution is 5.78. The molecule has 1 saturated carbocycles. The molecule has 3 rings (SSSR count). The summed E-state index contributed by atoms with van der Waals surface area (Å²) in [5.41, 5.74) is 0. The maximum absolute atomic E-state index is 12.2. The molecular weight excluding hydrogens is 292 g/mol. The highest BCUT2D eigenvalue weighted by Crippen LogP contribution is 2.24. The smallest absolute Gasteiger partial charge is 0.241 e. The van der Waals surface area contributed by atoms with E-state index in [1.807, 2.05) is 11.2 Å². The van der Waals surface area contributed by atoms with Crippen molar-refractivity contribution in [1.29, 1.82) is 0 Å². The zero-order valence-corrected chi connectivity index (χ0v) is 14.2. The first kappa shape index (κ1) is 16.7. The largest absolute Gasteiger partial charge is 0.381 e. The highest BCUT2D eigenvalue weighted by atomic mass is 16.5. The molecule has 0 radical (unpaired) electrons. The topological polar surface area (TPSA) is 57.2 Å². The van der Waals surface area contributed by atoms with E-state index in [1.54, 1.807) is 0 Å². The van der Waals surface area contributed by atoms with E-state index >= 15 is 0 Å². The lowest BCUT2D eigenvalue weighted by molar-refractivity contribution is -0.123. The molecule has 3 aliphatic rings. The Kier molecular flexibility index (Phi) is 5.89. The van der Waals surface area contributed by atoms with Crippen LogP contribution in [0.4, 0.5) is 0 Å². The molecule has 2 aliphatic heterocycles. The third-order valence-electron chi connectivity index (χ3n) is 5.44. The van der Waals surface area contributed by atoms with Crippen molar-refractivity contribution in [1.82, 2.24) is 15.2 Å². The molecule has 2 unspecified atom stereocenters. The van der Waals surface area contributed by atoms with Gasteiger partial charge in [0, 0.05) is 37.9 Å². The molecule has 1 amide bonds. The molecule has 2 fully saturated rings. The predicted octanol–water partition coefficient (Wildman–Crippen LogP) is 1.07. The van der Waals surface area contributed by atoms with E-state index in [2.05, 4.69) is 22.4 Å². The van der Waals surface area contributed by atoms with Crippen LogP contribution in [0.3, 0.4) is 0 Å². The Morgan fingerprint density at radius 1 is 1.35 bits per heavy atom. The van der Waals surface area contributed by atoms with Crippen LogP contribution in [0, 0.1) is 5.92 Å². The molecule has 0 aromatic rings. The van der Waals surface area contributed by atoms with Crippen LogP contribution in [-0.2, 0) is 9.53 Å².